The largest absolute Gasteiger partial charge is 0.310 e. The van der Waals surface area contributed by atoms with Crippen LogP contribution in [-0.2, 0) is 10.8 Å². The standard InChI is InChI=1S/C46H35N/c1-45(2)41-22-12-9-19-37(41)40-30-29-36(31-44(40)45)47(34-17-7-4-8-18-34)35-27-25-33(26-28-35)46(32-15-5-3-6-16-32)42-23-13-10-20-38(42)39-21-11-14-24-43(39)46/h3-31H,1-2H3. The van der Waals surface area contributed by atoms with E-state index in [0.29, 0.717) is 0 Å². The van der Waals surface area contributed by atoms with Gasteiger partial charge in [-0.15, -0.1) is 0 Å². The molecule has 0 aromatic heterocycles. The molecule has 2 aliphatic carbocycles. The summed E-state index contributed by atoms with van der Waals surface area (Å²) in [4.78, 5) is 2.40. The van der Waals surface area contributed by atoms with E-state index < -0.39 is 5.41 Å². The van der Waals surface area contributed by atoms with Gasteiger partial charge >= 0.3 is 0 Å². The number of fused-ring (bicyclic) bond motifs is 6. The van der Waals surface area contributed by atoms with E-state index >= 15 is 0 Å². The summed E-state index contributed by atoms with van der Waals surface area (Å²) in [5.74, 6) is 0. The lowest BCUT2D eigenvalue weighted by Crippen LogP contribution is -2.28. The first kappa shape index (κ1) is 27.6. The van der Waals surface area contributed by atoms with Crippen LogP contribution in [0.3, 0.4) is 0 Å². The van der Waals surface area contributed by atoms with Gasteiger partial charge in [0.25, 0.3) is 0 Å². The van der Waals surface area contributed by atoms with Gasteiger partial charge in [0, 0.05) is 22.5 Å². The van der Waals surface area contributed by atoms with Gasteiger partial charge < -0.3 is 4.90 Å². The summed E-state index contributed by atoms with van der Waals surface area (Å²) in [7, 11) is 0. The Kier molecular flexibility index (Phi) is 6.14. The second-order valence-electron chi connectivity index (χ2n) is 13.3. The molecule has 7 aromatic carbocycles. The molecule has 0 fully saturated rings. The maximum absolute atomic E-state index is 2.41. The molecule has 0 amide bonds. The Bertz CT molecular complexity index is 2220. The van der Waals surface area contributed by atoms with E-state index in [1.54, 1.807) is 0 Å². The van der Waals surface area contributed by atoms with E-state index in [4.69, 9.17) is 0 Å². The summed E-state index contributed by atoms with van der Waals surface area (Å²) in [6.07, 6.45) is 0. The third-order valence-corrected chi connectivity index (χ3v) is 10.6. The monoisotopic (exact) mass is 601 g/mol. The van der Waals surface area contributed by atoms with Crippen molar-refractivity contribution in [3.8, 4) is 22.3 Å². The molecule has 0 heterocycles. The Hall–Kier alpha value is -5.66. The number of para-hydroxylation sites is 1. The zero-order valence-corrected chi connectivity index (χ0v) is 26.7. The summed E-state index contributed by atoms with van der Waals surface area (Å²) in [5.41, 5.74) is 16.2. The van der Waals surface area contributed by atoms with Gasteiger partial charge in [-0.1, -0.05) is 153 Å². The van der Waals surface area contributed by atoms with Crippen molar-refractivity contribution in [1.29, 1.82) is 0 Å². The summed E-state index contributed by atoms with van der Waals surface area (Å²) in [5, 5.41) is 0. The SMILES string of the molecule is CC1(C)c2ccccc2-c2ccc(N(c3ccccc3)c3ccc(C4(c5ccccc5)c5ccccc5-c5ccccc54)cc3)cc21. The smallest absolute Gasteiger partial charge is 0.0713 e. The number of anilines is 3. The summed E-state index contributed by atoms with van der Waals surface area (Å²) >= 11 is 0. The van der Waals surface area contributed by atoms with Crippen molar-refractivity contribution in [1.82, 2.24) is 0 Å². The lowest BCUT2D eigenvalue weighted by molar-refractivity contribution is 0.660. The minimum absolute atomic E-state index is 0.0700. The molecule has 0 bridgehead atoms. The molecule has 1 nitrogen and oxygen atoms in total. The highest BCUT2D eigenvalue weighted by Gasteiger charge is 2.45. The number of hydrogen-bond donors (Lipinski definition) is 0. The van der Waals surface area contributed by atoms with Gasteiger partial charge in [-0.05, 0) is 92.0 Å². The van der Waals surface area contributed by atoms with Gasteiger partial charge in [-0.2, -0.15) is 0 Å². The quantitative estimate of drug-likeness (QED) is 0.190. The number of benzene rings is 7. The van der Waals surface area contributed by atoms with Crippen molar-refractivity contribution in [3.05, 3.63) is 209 Å². The van der Waals surface area contributed by atoms with Crippen LogP contribution in [0.25, 0.3) is 22.3 Å². The van der Waals surface area contributed by atoms with Crippen LogP contribution < -0.4 is 4.90 Å². The van der Waals surface area contributed by atoms with E-state index in [2.05, 4.69) is 195 Å². The molecule has 0 aliphatic heterocycles. The fourth-order valence-corrected chi connectivity index (χ4v) is 8.43. The normalized spacial score (nSPS) is 14.5. The van der Waals surface area contributed by atoms with Crippen molar-refractivity contribution < 1.29 is 0 Å². The van der Waals surface area contributed by atoms with Gasteiger partial charge in [0.2, 0.25) is 0 Å². The minimum Gasteiger partial charge on any atom is -0.310 e. The lowest BCUT2D eigenvalue weighted by Gasteiger charge is -2.34. The zero-order valence-electron chi connectivity index (χ0n) is 26.7. The predicted octanol–water partition coefficient (Wildman–Crippen LogP) is 11.8. The van der Waals surface area contributed by atoms with Gasteiger partial charge in [0.05, 0.1) is 5.41 Å². The molecule has 224 valence electrons. The maximum Gasteiger partial charge on any atom is 0.0713 e. The van der Waals surface area contributed by atoms with E-state index in [9.17, 15) is 0 Å². The van der Waals surface area contributed by atoms with Crippen LogP contribution in [0, 0.1) is 0 Å². The third kappa shape index (κ3) is 3.96. The minimum atomic E-state index is -0.409. The molecule has 0 N–H and O–H groups in total. The highest BCUT2D eigenvalue weighted by atomic mass is 15.1. The van der Waals surface area contributed by atoms with Crippen molar-refractivity contribution in [3.63, 3.8) is 0 Å². The molecule has 0 saturated carbocycles. The molecule has 0 saturated heterocycles. The number of hydrogen-bond acceptors (Lipinski definition) is 1. The van der Waals surface area contributed by atoms with Crippen molar-refractivity contribution in [2.75, 3.05) is 4.90 Å². The maximum atomic E-state index is 2.41. The van der Waals surface area contributed by atoms with Crippen LogP contribution in [0.4, 0.5) is 17.1 Å². The second kappa shape index (κ2) is 10.4. The summed E-state index contributed by atoms with van der Waals surface area (Å²) < 4.78 is 0. The van der Waals surface area contributed by atoms with Crippen LogP contribution >= 0.6 is 0 Å². The fourth-order valence-electron chi connectivity index (χ4n) is 8.43. The Morgan fingerprint density at radius 3 is 1.38 bits per heavy atom. The van der Waals surface area contributed by atoms with Crippen LogP contribution in [0.5, 0.6) is 0 Å². The summed E-state index contributed by atoms with van der Waals surface area (Å²) in [6.45, 7) is 4.70. The van der Waals surface area contributed by atoms with Crippen LogP contribution in [0.15, 0.2) is 176 Å². The van der Waals surface area contributed by atoms with E-state index in [1.807, 2.05) is 0 Å². The average Bonchev–Trinajstić information content (AvgIpc) is 3.56. The molecule has 0 unspecified atom stereocenters. The number of nitrogens with zero attached hydrogens (tertiary/aromatic N) is 1. The molecule has 9 rings (SSSR count). The number of rotatable bonds is 5. The molecule has 47 heavy (non-hydrogen) atoms. The fraction of sp³-hybridized carbons (Fsp3) is 0.0870. The first-order valence-corrected chi connectivity index (χ1v) is 16.5. The molecule has 0 spiro atoms. The van der Waals surface area contributed by atoms with Crippen molar-refractivity contribution in [2.24, 2.45) is 0 Å². The van der Waals surface area contributed by atoms with Crippen LogP contribution in [0.2, 0.25) is 0 Å². The zero-order chi connectivity index (χ0) is 31.6. The van der Waals surface area contributed by atoms with Gasteiger partial charge in [-0.3, -0.25) is 0 Å². The molecule has 0 radical (unpaired) electrons. The third-order valence-electron chi connectivity index (χ3n) is 10.6. The summed E-state index contributed by atoms with van der Waals surface area (Å²) in [6, 6.07) is 64.8. The second-order valence-corrected chi connectivity index (χ2v) is 13.3. The van der Waals surface area contributed by atoms with E-state index in [-0.39, 0.29) is 5.41 Å². The van der Waals surface area contributed by atoms with Gasteiger partial charge in [-0.25, -0.2) is 0 Å². The van der Waals surface area contributed by atoms with Crippen LogP contribution in [-0.4, -0.2) is 0 Å². The molecule has 2 aliphatic rings. The van der Waals surface area contributed by atoms with E-state index in [0.717, 1.165) is 17.1 Å². The van der Waals surface area contributed by atoms with E-state index in [1.165, 1.54) is 55.6 Å². The van der Waals surface area contributed by atoms with Crippen molar-refractivity contribution >= 4 is 17.1 Å². The molecular weight excluding hydrogens is 567 g/mol. The Morgan fingerprint density at radius 2 is 0.766 bits per heavy atom. The topological polar surface area (TPSA) is 3.24 Å². The molecule has 1 heteroatoms. The van der Waals surface area contributed by atoms with Crippen LogP contribution in [0.1, 0.15) is 47.2 Å². The van der Waals surface area contributed by atoms with Gasteiger partial charge in [0.15, 0.2) is 0 Å². The highest BCUT2D eigenvalue weighted by Crippen LogP contribution is 2.56. The lowest BCUT2D eigenvalue weighted by atomic mass is 9.68. The first-order valence-electron chi connectivity index (χ1n) is 16.5. The molecule has 0 atom stereocenters. The first-order chi connectivity index (χ1) is 23.1. The average molecular weight is 602 g/mol. The Morgan fingerprint density at radius 1 is 0.340 bits per heavy atom. The highest BCUT2D eigenvalue weighted by molar-refractivity contribution is 5.88. The predicted molar refractivity (Wildman–Crippen MR) is 196 cm³/mol. The Balaban J connectivity index is 1.22. The molecule has 7 aromatic rings. The van der Waals surface area contributed by atoms with Gasteiger partial charge in [0.1, 0.15) is 0 Å². The molecular formula is C46H35N. The Labute approximate surface area is 277 Å². The van der Waals surface area contributed by atoms with Crippen molar-refractivity contribution in [2.45, 2.75) is 24.7 Å².